The summed E-state index contributed by atoms with van der Waals surface area (Å²) in [6.07, 6.45) is -2.87. The number of rotatable bonds is 15. The third-order valence-corrected chi connectivity index (χ3v) is 8.21. The molecule has 0 fully saturated rings. The molecular weight excluding hydrogens is 607 g/mol. The lowest BCUT2D eigenvalue weighted by Gasteiger charge is -2.36. The zero-order valence-electron chi connectivity index (χ0n) is 14.9. The van der Waals surface area contributed by atoms with E-state index in [2.05, 4.69) is 4.74 Å². The van der Waals surface area contributed by atoms with Gasteiger partial charge in [0.2, 0.25) is 13.1 Å². The number of hydrogen-bond acceptors (Lipinski definition) is 15. The second-order valence-electron chi connectivity index (χ2n) is 5.19. The van der Waals surface area contributed by atoms with Gasteiger partial charge >= 0.3 is 22.2 Å². The van der Waals surface area contributed by atoms with Crippen molar-refractivity contribution in [2.24, 2.45) is 0 Å². The number of nitro groups is 4. The second kappa shape index (κ2) is 12.2. The topological polar surface area (TPSA) is 202 Å². The number of carbonyl (C=O) groups is 1. The van der Waals surface area contributed by atoms with E-state index in [9.17, 15) is 73.5 Å². The molecule has 0 aliphatic carbocycles. The molecule has 0 aromatic rings. The van der Waals surface area contributed by atoms with E-state index in [1.165, 1.54) is 0 Å². The first-order valence-electron chi connectivity index (χ1n) is 6.95. The molecule has 0 unspecified atom stereocenters. The van der Waals surface area contributed by atoms with E-state index < -0.39 is 124 Å². The fourth-order valence-corrected chi connectivity index (χ4v) is 3.91. The fourth-order valence-electron chi connectivity index (χ4n) is 1.59. The Kier molecular flexibility index (Phi) is 11.5. The average molecular weight is 611 g/mol. The first-order chi connectivity index (χ1) is 15.5. The van der Waals surface area contributed by atoms with Crippen molar-refractivity contribution in [3.63, 3.8) is 0 Å². The van der Waals surface area contributed by atoms with Gasteiger partial charge < -0.3 is 4.74 Å². The number of hydrogen-bond donors (Lipinski definition) is 0. The highest BCUT2D eigenvalue weighted by Gasteiger charge is 2.68. The van der Waals surface area contributed by atoms with Gasteiger partial charge in [-0.25, -0.2) is 4.79 Å². The molecule has 27 heteroatoms. The molecule has 0 radical (unpaired) electrons. The van der Waals surface area contributed by atoms with Crippen LogP contribution < -0.4 is 0 Å². The van der Waals surface area contributed by atoms with Gasteiger partial charge in [-0.05, 0) is 0 Å². The van der Waals surface area contributed by atoms with Gasteiger partial charge in [-0.2, -0.15) is 19.4 Å². The minimum atomic E-state index is -5.09. The Morgan fingerprint density at radius 3 is 1.21 bits per heavy atom. The zero-order valence-corrected chi connectivity index (χ0v) is 19.0. The summed E-state index contributed by atoms with van der Waals surface area (Å²) in [6.45, 7) is -5.49. The first kappa shape index (κ1) is 32.1. The van der Waals surface area contributed by atoms with Gasteiger partial charge in [0.15, 0.2) is 0 Å². The molecule has 196 valence electrons. The molecule has 0 saturated heterocycles. The van der Waals surface area contributed by atoms with Crippen LogP contribution in [-0.2, 0) is 4.74 Å². The smallest absolute Gasteiger partial charge is 0.413 e. The maximum atomic E-state index is 14.2. The van der Waals surface area contributed by atoms with Crippen LogP contribution in [0.5, 0.6) is 0 Å². The van der Waals surface area contributed by atoms with Gasteiger partial charge in [0.25, 0.3) is 3.41 Å². The van der Waals surface area contributed by atoms with Crippen molar-refractivity contribution >= 4 is 66.8 Å². The molecule has 0 spiro atoms. The molecule has 0 rings (SSSR count). The molecule has 0 saturated carbocycles. The van der Waals surface area contributed by atoms with Crippen LogP contribution in [0.3, 0.4) is 0 Å². The Morgan fingerprint density at radius 1 is 0.706 bits per heavy atom. The van der Waals surface area contributed by atoms with E-state index >= 15 is 0 Å². The molecule has 0 bridgehead atoms. The maximum Gasteiger partial charge on any atom is 0.631 e. The lowest BCUT2D eigenvalue weighted by molar-refractivity contribution is -0.837. The van der Waals surface area contributed by atoms with Crippen molar-refractivity contribution in [3.05, 3.63) is 40.5 Å². The Labute approximate surface area is 202 Å². The van der Waals surface area contributed by atoms with E-state index in [4.69, 9.17) is 0 Å². The summed E-state index contributed by atoms with van der Waals surface area (Å²) in [4.78, 5) is 44.3. The molecule has 15 nitrogen and oxygen atoms in total. The molecule has 0 aromatic heterocycles. The normalized spacial score (nSPS) is 12.7. The summed E-state index contributed by atoms with van der Waals surface area (Å²) >= 11 is -8.01. The van der Waals surface area contributed by atoms with Crippen molar-refractivity contribution in [3.8, 4) is 0 Å². The van der Waals surface area contributed by atoms with E-state index in [-0.39, 0.29) is 0 Å². The van der Waals surface area contributed by atoms with Gasteiger partial charge in [0.05, 0.1) is 36.4 Å². The van der Waals surface area contributed by atoms with Crippen LogP contribution in [-0.4, -0.2) is 63.3 Å². The standard InChI is InChI=1S/C7H4F7N5O10S5/c8-4(16(21)22,17(23)24)1-15(2-5(9,18(25)26)19(27)28)3(20)29-6(30-10,31-11)7(32-12,33-13)34-14/h1-2H2. The van der Waals surface area contributed by atoms with Crippen LogP contribution in [0.1, 0.15) is 0 Å². The Balaban J connectivity index is 6.71. The van der Waals surface area contributed by atoms with Gasteiger partial charge in [-0.3, -0.25) is 45.4 Å². The second-order valence-corrected chi connectivity index (χ2v) is 9.98. The van der Waals surface area contributed by atoms with Crippen molar-refractivity contribution in [2.75, 3.05) is 13.1 Å². The molecule has 0 atom stereocenters. The Hall–Kier alpha value is -1.87. The highest BCUT2D eigenvalue weighted by molar-refractivity contribution is 8.32. The Bertz CT molecular complexity index is 748. The maximum absolute atomic E-state index is 14.2. The third-order valence-electron chi connectivity index (χ3n) is 3.27. The van der Waals surface area contributed by atoms with E-state index in [0.717, 1.165) is 0 Å². The van der Waals surface area contributed by atoms with Crippen molar-refractivity contribution in [2.45, 2.75) is 19.5 Å². The summed E-state index contributed by atoms with van der Waals surface area (Å²) in [6, 6.07) is 0. The summed E-state index contributed by atoms with van der Waals surface area (Å²) < 4.78 is 90.7. The van der Waals surface area contributed by atoms with Gasteiger partial charge in [-0.1, -0.05) is 8.78 Å². The number of amides is 1. The predicted octanol–water partition coefficient (Wildman–Crippen LogP) is 4.17. The van der Waals surface area contributed by atoms with Crippen LogP contribution in [0.15, 0.2) is 0 Å². The molecule has 0 heterocycles. The SMILES string of the molecule is O=C(OC(SF)(SF)C(SF)(SF)SF)N(CC(F)([N+](=O)[O-])[N+](=O)[O-])CC(F)([N+](=O)[O-])[N+](=O)[O-]. The summed E-state index contributed by atoms with van der Waals surface area (Å²) in [5.74, 6) is -10.2. The van der Waals surface area contributed by atoms with E-state index in [0.29, 0.717) is 0 Å². The molecule has 0 aliphatic rings. The number of nitrogens with zero attached hydrogens (tertiary/aromatic N) is 5. The van der Waals surface area contributed by atoms with Crippen LogP contribution in [0.25, 0.3) is 0 Å². The minimum Gasteiger partial charge on any atom is -0.413 e. The van der Waals surface area contributed by atoms with Gasteiger partial charge in [-0.15, -0.1) is 0 Å². The van der Waals surface area contributed by atoms with Crippen molar-refractivity contribution in [1.29, 1.82) is 0 Å². The first-order valence-corrected chi connectivity index (χ1v) is 10.5. The quantitative estimate of drug-likeness (QED) is 0.0838. The monoisotopic (exact) mass is 611 g/mol. The summed E-state index contributed by atoms with van der Waals surface area (Å²) in [5.41, 5.74) is 0. The van der Waals surface area contributed by atoms with E-state index in [1.807, 2.05) is 0 Å². The van der Waals surface area contributed by atoms with Gasteiger partial charge in [0.1, 0.15) is 44.0 Å². The number of alkyl halides is 2. The Morgan fingerprint density at radius 2 is 1.00 bits per heavy atom. The highest BCUT2D eigenvalue weighted by atomic mass is 32.3. The summed E-state index contributed by atoms with van der Waals surface area (Å²) in [5, 5.41) is 42.8. The van der Waals surface area contributed by atoms with Crippen LogP contribution in [0, 0.1) is 40.5 Å². The molecule has 0 aromatic carbocycles. The molecular formula is C7H4F7N5O10S5. The molecule has 1 amide bonds. The molecule has 0 N–H and O–H groups in total. The van der Waals surface area contributed by atoms with Crippen LogP contribution >= 0.6 is 60.7 Å². The van der Waals surface area contributed by atoms with Crippen molar-refractivity contribution < 1.29 is 57.4 Å². The lowest BCUT2D eigenvalue weighted by Crippen LogP contribution is -2.59. The molecule has 34 heavy (non-hydrogen) atoms. The van der Waals surface area contributed by atoms with E-state index in [1.54, 1.807) is 0 Å². The zero-order chi connectivity index (χ0) is 27.1. The van der Waals surface area contributed by atoms with Gasteiger partial charge in [0, 0.05) is 0 Å². The third kappa shape index (κ3) is 6.03. The van der Waals surface area contributed by atoms with Crippen LogP contribution in [0.4, 0.5) is 33.0 Å². The number of carbonyl (C=O) groups excluding carboxylic acids is 1. The average Bonchev–Trinajstić information content (AvgIpc) is 2.78. The fraction of sp³-hybridized carbons (Fsp3) is 0.857. The summed E-state index contributed by atoms with van der Waals surface area (Å²) in [7, 11) is 0. The lowest BCUT2D eigenvalue weighted by atomic mass is 10.3. The van der Waals surface area contributed by atoms with Crippen LogP contribution in [0.2, 0.25) is 0 Å². The largest absolute Gasteiger partial charge is 0.631 e. The number of ether oxygens (including phenoxy) is 1. The predicted molar refractivity (Wildman–Crippen MR) is 103 cm³/mol. The number of halogens is 7. The minimum absolute atomic E-state index is 1.17. The van der Waals surface area contributed by atoms with Crippen molar-refractivity contribution in [1.82, 2.24) is 4.90 Å². The highest BCUT2D eigenvalue weighted by Crippen LogP contribution is 2.65. The molecule has 0 aliphatic heterocycles.